The molecule has 1 amide bonds. The zero-order chi connectivity index (χ0) is 20.0. The highest BCUT2D eigenvalue weighted by Gasteiger charge is 2.43. The molecular formula is C21H20N4O3. The first-order chi connectivity index (χ1) is 13.4. The van der Waals surface area contributed by atoms with Crippen molar-refractivity contribution in [3.63, 3.8) is 0 Å². The second kappa shape index (κ2) is 6.60. The van der Waals surface area contributed by atoms with Crippen LogP contribution in [0.15, 0.2) is 48.5 Å². The number of aromatic amines is 1. The van der Waals surface area contributed by atoms with Crippen LogP contribution in [0.4, 0.5) is 5.69 Å². The van der Waals surface area contributed by atoms with Gasteiger partial charge in [-0.05, 0) is 38.5 Å². The number of H-pyrrole nitrogens is 1. The Bertz CT molecular complexity index is 1050. The summed E-state index contributed by atoms with van der Waals surface area (Å²) in [6, 6.07) is 14.0. The fraction of sp³-hybridized carbons (Fsp3) is 0.238. The third-order valence-electron chi connectivity index (χ3n) is 5.10. The molecule has 1 aromatic heterocycles. The van der Waals surface area contributed by atoms with E-state index in [1.807, 2.05) is 45.0 Å². The maximum absolute atomic E-state index is 13.0. The number of nitro benzene ring substituents is 1. The first-order valence-electron chi connectivity index (χ1n) is 9.10. The van der Waals surface area contributed by atoms with Crippen LogP contribution in [0.25, 0.3) is 11.3 Å². The molecule has 0 fully saturated rings. The summed E-state index contributed by atoms with van der Waals surface area (Å²) in [5.41, 5.74) is 4.94. The van der Waals surface area contributed by atoms with Gasteiger partial charge >= 0.3 is 0 Å². The van der Waals surface area contributed by atoms with Gasteiger partial charge in [-0.2, -0.15) is 5.10 Å². The Balaban J connectivity index is 1.87. The lowest BCUT2D eigenvalue weighted by Crippen LogP contribution is -2.35. The Morgan fingerprint density at radius 1 is 1.11 bits per heavy atom. The van der Waals surface area contributed by atoms with Gasteiger partial charge in [-0.3, -0.25) is 20.0 Å². The Labute approximate surface area is 162 Å². The monoisotopic (exact) mass is 376 g/mol. The number of amides is 1. The summed E-state index contributed by atoms with van der Waals surface area (Å²) < 4.78 is 0. The summed E-state index contributed by atoms with van der Waals surface area (Å²) in [6.07, 6.45) is 0. The average Bonchev–Trinajstić information content (AvgIpc) is 3.21. The smallest absolute Gasteiger partial charge is 0.273 e. The van der Waals surface area contributed by atoms with Crippen molar-refractivity contribution >= 4 is 11.6 Å². The predicted octanol–water partition coefficient (Wildman–Crippen LogP) is 4.25. The van der Waals surface area contributed by atoms with Gasteiger partial charge in [0.25, 0.3) is 11.6 Å². The fourth-order valence-electron chi connectivity index (χ4n) is 3.74. The molecule has 2 heterocycles. The van der Waals surface area contributed by atoms with Gasteiger partial charge in [0, 0.05) is 29.3 Å². The van der Waals surface area contributed by atoms with E-state index < -0.39 is 4.92 Å². The number of fused-ring (bicyclic) bond motifs is 1. The highest BCUT2D eigenvalue weighted by atomic mass is 16.6. The molecule has 0 radical (unpaired) electrons. The van der Waals surface area contributed by atoms with Crippen molar-refractivity contribution in [3.8, 4) is 11.3 Å². The van der Waals surface area contributed by atoms with E-state index in [0.717, 1.165) is 27.9 Å². The number of non-ortho nitro benzene ring substituents is 1. The third-order valence-corrected chi connectivity index (χ3v) is 5.10. The van der Waals surface area contributed by atoms with Crippen molar-refractivity contribution in [3.05, 3.63) is 81.0 Å². The number of nitrogens with one attached hydrogen (secondary N) is 1. The van der Waals surface area contributed by atoms with Gasteiger partial charge in [0.05, 0.1) is 16.7 Å². The quantitative estimate of drug-likeness (QED) is 0.544. The Morgan fingerprint density at radius 3 is 2.32 bits per heavy atom. The molecule has 0 bridgehead atoms. The molecule has 2 aromatic carbocycles. The average molecular weight is 376 g/mol. The number of rotatable bonds is 4. The van der Waals surface area contributed by atoms with E-state index in [9.17, 15) is 14.9 Å². The Morgan fingerprint density at radius 2 is 1.75 bits per heavy atom. The maximum Gasteiger partial charge on any atom is 0.273 e. The van der Waals surface area contributed by atoms with Crippen LogP contribution in [0.3, 0.4) is 0 Å². The number of aromatic nitrogens is 2. The van der Waals surface area contributed by atoms with Gasteiger partial charge in [-0.15, -0.1) is 0 Å². The van der Waals surface area contributed by atoms with Gasteiger partial charge in [0.2, 0.25) is 0 Å². The van der Waals surface area contributed by atoms with E-state index in [1.54, 1.807) is 17.0 Å². The lowest BCUT2D eigenvalue weighted by Gasteiger charge is -2.29. The van der Waals surface area contributed by atoms with Crippen molar-refractivity contribution in [2.75, 3.05) is 0 Å². The molecule has 3 aromatic rings. The number of carbonyl (C=O) groups is 1. The normalized spacial score (nSPS) is 15.9. The zero-order valence-corrected chi connectivity index (χ0v) is 15.8. The molecule has 1 aliphatic heterocycles. The van der Waals surface area contributed by atoms with Crippen LogP contribution in [0.2, 0.25) is 0 Å². The molecule has 7 nitrogen and oxygen atoms in total. The molecule has 1 atom stereocenters. The van der Waals surface area contributed by atoms with E-state index in [0.29, 0.717) is 5.69 Å². The van der Waals surface area contributed by atoms with Crippen molar-refractivity contribution in [2.24, 2.45) is 0 Å². The fourth-order valence-corrected chi connectivity index (χ4v) is 3.74. The molecule has 28 heavy (non-hydrogen) atoms. The molecule has 0 saturated heterocycles. The van der Waals surface area contributed by atoms with Crippen LogP contribution in [-0.2, 0) is 0 Å². The van der Waals surface area contributed by atoms with Crippen molar-refractivity contribution in [1.82, 2.24) is 15.1 Å². The first kappa shape index (κ1) is 17.9. The van der Waals surface area contributed by atoms with Crippen molar-refractivity contribution in [2.45, 2.75) is 32.9 Å². The Kier molecular flexibility index (Phi) is 4.22. The second-order valence-electron chi connectivity index (χ2n) is 7.28. The number of nitrogens with zero attached hydrogens (tertiary/aromatic N) is 3. The van der Waals surface area contributed by atoms with Gasteiger partial charge in [0.15, 0.2) is 0 Å². The van der Waals surface area contributed by atoms with Crippen molar-refractivity contribution in [1.29, 1.82) is 0 Å². The minimum atomic E-state index is -0.426. The minimum absolute atomic E-state index is 0.0235. The summed E-state index contributed by atoms with van der Waals surface area (Å²) in [5, 5.41) is 18.3. The third kappa shape index (κ3) is 2.76. The number of carbonyl (C=O) groups excluding carboxylic acids is 1. The SMILES string of the molecule is Cc1ccc(-c2n[nH]c3c2C(c2ccc([N+](=O)[O-])cc2)N(C(C)C)C3=O)cc1. The molecule has 1 N–H and O–H groups in total. The van der Waals surface area contributed by atoms with E-state index in [4.69, 9.17) is 0 Å². The molecule has 1 aliphatic rings. The summed E-state index contributed by atoms with van der Waals surface area (Å²) >= 11 is 0. The molecule has 0 saturated carbocycles. The molecule has 1 unspecified atom stereocenters. The maximum atomic E-state index is 13.0. The molecule has 0 spiro atoms. The second-order valence-corrected chi connectivity index (χ2v) is 7.28. The number of benzene rings is 2. The van der Waals surface area contributed by atoms with E-state index in [-0.39, 0.29) is 23.7 Å². The van der Waals surface area contributed by atoms with Crippen LogP contribution >= 0.6 is 0 Å². The van der Waals surface area contributed by atoms with Gasteiger partial charge in [-0.25, -0.2) is 0 Å². The van der Waals surface area contributed by atoms with Crippen molar-refractivity contribution < 1.29 is 9.72 Å². The minimum Gasteiger partial charge on any atom is -0.324 e. The molecule has 0 aliphatic carbocycles. The zero-order valence-electron chi connectivity index (χ0n) is 15.8. The molecular weight excluding hydrogens is 356 g/mol. The summed E-state index contributed by atoms with van der Waals surface area (Å²) in [6.45, 7) is 5.94. The van der Waals surface area contributed by atoms with Crippen LogP contribution in [-0.4, -0.2) is 32.0 Å². The lowest BCUT2D eigenvalue weighted by molar-refractivity contribution is -0.384. The predicted molar refractivity (Wildman–Crippen MR) is 105 cm³/mol. The van der Waals surface area contributed by atoms with E-state index >= 15 is 0 Å². The lowest BCUT2D eigenvalue weighted by atomic mass is 9.95. The summed E-state index contributed by atoms with van der Waals surface area (Å²) in [4.78, 5) is 25.4. The standard InChI is InChI=1S/C21H20N4O3/c1-12(2)24-20(15-8-10-16(11-9-15)25(27)28)17-18(22-23-19(17)21(24)26)14-6-4-13(3)5-7-14/h4-12,20H,1-3H3,(H,22,23). The summed E-state index contributed by atoms with van der Waals surface area (Å²) in [5.74, 6) is -0.112. The van der Waals surface area contributed by atoms with Crippen LogP contribution in [0.5, 0.6) is 0 Å². The number of hydrogen-bond donors (Lipinski definition) is 1. The number of hydrogen-bond acceptors (Lipinski definition) is 4. The molecule has 142 valence electrons. The van der Waals surface area contributed by atoms with Crippen LogP contribution in [0.1, 0.15) is 47.1 Å². The van der Waals surface area contributed by atoms with E-state index in [2.05, 4.69) is 10.2 Å². The van der Waals surface area contributed by atoms with Gasteiger partial charge in [0.1, 0.15) is 5.69 Å². The van der Waals surface area contributed by atoms with E-state index in [1.165, 1.54) is 12.1 Å². The van der Waals surface area contributed by atoms with Gasteiger partial charge < -0.3 is 4.90 Å². The highest BCUT2D eigenvalue weighted by Crippen LogP contribution is 2.43. The van der Waals surface area contributed by atoms with Gasteiger partial charge in [-0.1, -0.05) is 29.8 Å². The Hall–Kier alpha value is -3.48. The largest absolute Gasteiger partial charge is 0.324 e. The molecule has 4 rings (SSSR count). The highest BCUT2D eigenvalue weighted by molar-refractivity contribution is 6.00. The topological polar surface area (TPSA) is 92.1 Å². The van der Waals surface area contributed by atoms with Crippen LogP contribution < -0.4 is 0 Å². The number of nitro groups is 1. The summed E-state index contributed by atoms with van der Waals surface area (Å²) in [7, 11) is 0. The molecule has 7 heteroatoms. The number of aryl methyl sites for hydroxylation is 1. The van der Waals surface area contributed by atoms with Crippen LogP contribution in [0, 0.1) is 17.0 Å². The first-order valence-corrected chi connectivity index (χ1v) is 9.10.